The fourth-order valence-electron chi connectivity index (χ4n) is 2.87. The topological polar surface area (TPSA) is 61.4 Å². The minimum atomic E-state index is -4.22. The lowest BCUT2D eigenvalue weighted by atomic mass is 10.0. The molecule has 1 aromatic heterocycles. The Hall–Kier alpha value is -1.26. The molecular formula is C23H29ClF3NO3S2. The number of Topliss-reactive ketones (excluding diaryl/α,β-unsaturated/α-hetero) is 1. The Morgan fingerprint density at radius 1 is 1.24 bits per heavy atom. The predicted octanol–water partition coefficient (Wildman–Crippen LogP) is 7.05. The lowest BCUT2D eigenvalue weighted by molar-refractivity contribution is -0.136. The molecule has 2 aromatic rings. The van der Waals surface area contributed by atoms with E-state index in [0.717, 1.165) is 11.3 Å². The van der Waals surface area contributed by atoms with E-state index >= 15 is 0 Å². The van der Waals surface area contributed by atoms with Crippen LogP contribution in [0.4, 0.5) is 13.2 Å². The molecule has 0 aliphatic carbocycles. The van der Waals surface area contributed by atoms with Crippen molar-refractivity contribution in [2.24, 2.45) is 0 Å². The van der Waals surface area contributed by atoms with E-state index in [-0.39, 0.29) is 30.3 Å². The van der Waals surface area contributed by atoms with Crippen molar-refractivity contribution < 1.29 is 27.3 Å². The Kier molecular flexibility index (Phi) is 10.1. The zero-order valence-corrected chi connectivity index (χ0v) is 21.4. The Balaban J connectivity index is 2.18. The van der Waals surface area contributed by atoms with Crippen LogP contribution in [0.2, 0.25) is 5.02 Å². The van der Waals surface area contributed by atoms with Crippen molar-refractivity contribution in [2.45, 2.75) is 70.3 Å². The molecule has 0 radical (unpaired) electrons. The van der Waals surface area contributed by atoms with Gasteiger partial charge in [0.2, 0.25) is 0 Å². The van der Waals surface area contributed by atoms with Gasteiger partial charge in [-0.2, -0.15) is 13.2 Å². The average Bonchev–Trinajstić information content (AvgIpc) is 3.19. The standard InChI is InChI=1S/C23H29ClF3NO3S2/c1-5-16-8-10-21(32-16)20(29)14-19(28-33(30)22(2,3)4)17-9-7-15(13-18(17)24)31-12-6-11-23(25,26)27/h7-10,13,19,28H,5-6,11-12,14H2,1-4H3/t19-,33+/m0/s1. The van der Waals surface area contributed by atoms with Crippen LogP contribution in [0.5, 0.6) is 5.75 Å². The van der Waals surface area contributed by atoms with E-state index in [1.165, 1.54) is 17.4 Å². The van der Waals surface area contributed by atoms with E-state index in [9.17, 15) is 22.5 Å². The van der Waals surface area contributed by atoms with Gasteiger partial charge in [-0.25, -0.2) is 0 Å². The van der Waals surface area contributed by atoms with Crippen LogP contribution >= 0.6 is 22.9 Å². The minimum Gasteiger partial charge on any atom is -0.598 e. The molecule has 0 unspecified atom stereocenters. The maximum Gasteiger partial charge on any atom is 0.389 e. The monoisotopic (exact) mass is 523 g/mol. The molecule has 2 rings (SSSR count). The summed E-state index contributed by atoms with van der Waals surface area (Å²) in [4.78, 5) is 14.7. The van der Waals surface area contributed by atoms with Crippen molar-refractivity contribution >= 4 is 40.1 Å². The normalized spacial score (nSPS) is 14.2. The molecule has 2 atom stereocenters. The van der Waals surface area contributed by atoms with Crippen LogP contribution < -0.4 is 9.46 Å². The van der Waals surface area contributed by atoms with Crippen molar-refractivity contribution in [1.29, 1.82) is 0 Å². The fourth-order valence-corrected chi connectivity index (χ4v) is 4.89. The quantitative estimate of drug-likeness (QED) is 0.195. The van der Waals surface area contributed by atoms with Gasteiger partial charge in [-0.3, -0.25) is 4.79 Å². The van der Waals surface area contributed by atoms with Crippen LogP contribution in [-0.4, -0.2) is 27.9 Å². The number of nitrogens with one attached hydrogen (secondary N) is 1. The maximum absolute atomic E-state index is 12.9. The summed E-state index contributed by atoms with van der Waals surface area (Å²) in [5, 5.41) is 0.278. The number of carbonyl (C=O) groups is 1. The summed E-state index contributed by atoms with van der Waals surface area (Å²) in [5.41, 5.74) is 0.567. The summed E-state index contributed by atoms with van der Waals surface area (Å²) >= 11 is 6.43. The summed E-state index contributed by atoms with van der Waals surface area (Å²) < 4.78 is 57.5. The molecule has 0 saturated carbocycles. The molecule has 0 saturated heterocycles. The van der Waals surface area contributed by atoms with Gasteiger partial charge < -0.3 is 9.29 Å². The molecule has 0 aliphatic rings. The number of benzene rings is 1. The molecule has 1 N–H and O–H groups in total. The van der Waals surface area contributed by atoms with Crippen LogP contribution in [0.15, 0.2) is 30.3 Å². The zero-order valence-electron chi connectivity index (χ0n) is 19.1. The number of rotatable bonds is 11. The van der Waals surface area contributed by atoms with E-state index in [4.69, 9.17) is 16.3 Å². The van der Waals surface area contributed by atoms with Gasteiger partial charge in [-0.15, -0.1) is 16.1 Å². The maximum atomic E-state index is 12.9. The van der Waals surface area contributed by atoms with Crippen molar-refractivity contribution in [2.75, 3.05) is 6.61 Å². The Morgan fingerprint density at radius 2 is 1.94 bits per heavy atom. The smallest absolute Gasteiger partial charge is 0.389 e. The van der Waals surface area contributed by atoms with Gasteiger partial charge in [0.1, 0.15) is 10.5 Å². The predicted molar refractivity (Wildman–Crippen MR) is 129 cm³/mol. The van der Waals surface area contributed by atoms with Gasteiger partial charge in [0.15, 0.2) is 5.78 Å². The van der Waals surface area contributed by atoms with Gasteiger partial charge in [0.25, 0.3) is 0 Å². The molecule has 1 aromatic carbocycles. The van der Waals surface area contributed by atoms with Crippen LogP contribution in [0, 0.1) is 0 Å². The molecule has 1 heterocycles. The second-order valence-electron chi connectivity index (χ2n) is 8.55. The second-order valence-corrected chi connectivity index (χ2v) is 12.1. The highest BCUT2D eigenvalue weighted by atomic mass is 35.5. The van der Waals surface area contributed by atoms with Gasteiger partial charge >= 0.3 is 6.18 Å². The van der Waals surface area contributed by atoms with E-state index in [2.05, 4.69) is 4.72 Å². The summed E-state index contributed by atoms with van der Waals surface area (Å²) in [5.74, 6) is 0.241. The number of hydrogen-bond donors (Lipinski definition) is 1. The van der Waals surface area contributed by atoms with E-state index in [1.54, 1.807) is 18.2 Å². The molecule has 4 nitrogen and oxygen atoms in total. The fraction of sp³-hybridized carbons (Fsp3) is 0.522. The second kappa shape index (κ2) is 11.9. The first-order valence-corrected chi connectivity index (χ1v) is 12.9. The average molecular weight is 524 g/mol. The first-order chi connectivity index (χ1) is 15.3. The number of ether oxygens (including phenoxy) is 1. The highest BCUT2D eigenvalue weighted by Crippen LogP contribution is 2.33. The molecule has 0 amide bonds. The zero-order chi connectivity index (χ0) is 24.8. The minimum absolute atomic E-state index is 0.0526. The molecular weight excluding hydrogens is 495 g/mol. The van der Waals surface area contributed by atoms with Crippen LogP contribution in [0.3, 0.4) is 0 Å². The van der Waals surface area contributed by atoms with Gasteiger partial charge in [-0.1, -0.05) is 24.6 Å². The molecule has 0 spiro atoms. The lowest BCUT2D eigenvalue weighted by Gasteiger charge is -2.28. The third-order valence-corrected chi connectivity index (χ3v) is 7.91. The Bertz CT molecular complexity index is 928. The largest absolute Gasteiger partial charge is 0.598 e. The summed E-state index contributed by atoms with van der Waals surface area (Å²) in [6.45, 7) is 7.38. The Morgan fingerprint density at radius 3 is 2.48 bits per heavy atom. The molecule has 0 bridgehead atoms. The summed E-state index contributed by atoms with van der Waals surface area (Å²) in [6.07, 6.45) is -4.42. The van der Waals surface area contributed by atoms with Crippen molar-refractivity contribution in [3.8, 4) is 5.75 Å². The Labute approximate surface area is 205 Å². The first-order valence-electron chi connectivity index (χ1n) is 10.6. The number of ketones is 1. The third kappa shape index (κ3) is 9.13. The molecule has 10 heteroatoms. The number of hydrogen-bond acceptors (Lipinski definition) is 5. The number of carbonyl (C=O) groups excluding carboxylic acids is 1. The highest BCUT2D eigenvalue weighted by Gasteiger charge is 2.32. The van der Waals surface area contributed by atoms with E-state index in [0.29, 0.717) is 16.2 Å². The number of thiophene rings is 1. The number of halogens is 4. The molecule has 184 valence electrons. The van der Waals surface area contributed by atoms with Crippen LogP contribution in [0.25, 0.3) is 0 Å². The summed E-state index contributed by atoms with van der Waals surface area (Å²) in [6, 6.07) is 7.85. The highest BCUT2D eigenvalue weighted by molar-refractivity contribution is 7.90. The number of alkyl halides is 3. The van der Waals surface area contributed by atoms with E-state index in [1.807, 2.05) is 33.8 Å². The van der Waals surface area contributed by atoms with E-state index < -0.39 is 34.7 Å². The third-order valence-electron chi connectivity index (χ3n) is 4.70. The van der Waals surface area contributed by atoms with Gasteiger partial charge in [0.05, 0.1) is 17.5 Å². The van der Waals surface area contributed by atoms with Crippen molar-refractivity contribution in [3.05, 3.63) is 50.7 Å². The molecule has 33 heavy (non-hydrogen) atoms. The molecule has 0 fully saturated rings. The van der Waals surface area contributed by atoms with Crippen LogP contribution in [0.1, 0.15) is 73.1 Å². The van der Waals surface area contributed by atoms with Gasteiger partial charge in [0, 0.05) is 34.1 Å². The SMILES string of the molecule is CCc1ccc(C(=O)C[C@H](N[S@+]([O-])C(C)(C)C)c2ccc(OCCCC(F)(F)F)cc2Cl)s1. The molecule has 0 aliphatic heterocycles. The van der Waals surface area contributed by atoms with Gasteiger partial charge in [-0.05, 0) is 63.4 Å². The van der Waals surface area contributed by atoms with Crippen LogP contribution in [-0.2, 0) is 17.8 Å². The van der Waals surface area contributed by atoms with Crippen molar-refractivity contribution in [3.63, 3.8) is 0 Å². The lowest BCUT2D eigenvalue weighted by Crippen LogP contribution is -2.41. The van der Waals surface area contributed by atoms with Crippen molar-refractivity contribution in [1.82, 2.24) is 4.72 Å². The summed E-state index contributed by atoms with van der Waals surface area (Å²) in [7, 11) is 0. The first kappa shape index (κ1) is 28.0. The number of aryl methyl sites for hydroxylation is 1.